The van der Waals surface area contributed by atoms with Gasteiger partial charge in [-0.3, -0.25) is 29.5 Å². The van der Waals surface area contributed by atoms with Crippen LogP contribution in [0, 0.1) is 0 Å². The number of hydrogen-bond acceptors (Lipinski definition) is 9. The van der Waals surface area contributed by atoms with E-state index in [1.807, 2.05) is 6.92 Å². The lowest BCUT2D eigenvalue weighted by molar-refractivity contribution is -0.0424. The van der Waals surface area contributed by atoms with Gasteiger partial charge in [0.15, 0.2) is 11.6 Å². The van der Waals surface area contributed by atoms with Crippen molar-refractivity contribution in [1.82, 2.24) is 4.90 Å². The number of nitrogens with zero attached hydrogens (tertiary/aromatic N) is 2. The van der Waals surface area contributed by atoms with Gasteiger partial charge >= 0.3 is 0 Å². The Hall–Kier alpha value is -3.73. The van der Waals surface area contributed by atoms with Crippen LogP contribution in [-0.4, -0.2) is 46.7 Å². The Bertz CT molecular complexity index is 1420. The summed E-state index contributed by atoms with van der Waals surface area (Å²) in [4.78, 5) is 52.5. The highest BCUT2D eigenvalue weighted by atomic mass is 16.5. The fourth-order valence-electron chi connectivity index (χ4n) is 3.98. The second-order valence-electron chi connectivity index (χ2n) is 7.64. The van der Waals surface area contributed by atoms with E-state index in [9.17, 15) is 29.4 Å². The largest absolute Gasteiger partial charge is 0.383 e. The van der Waals surface area contributed by atoms with Gasteiger partial charge in [-0.05, 0) is 30.7 Å². The first kappa shape index (κ1) is 22.5. The van der Waals surface area contributed by atoms with Crippen LogP contribution >= 0.6 is 0 Å². The summed E-state index contributed by atoms with van der Waals surface area (Å²) in [5.74, 6) is -0.971. The van der Waals surface area contributed by atoms with E-state index < -0.39 is 40.4 Å². The Morgan fingerprint density at radius 2 is 1.76 bits per heavy atom. The number of carbonyl (C=O) groups is 2. The molecule has 1 atom stereocenters. The molecule has 0 radical (unpaired) electrons. The van der Waals surface area contributed by atoms with Crippen LogP contribution in [0.2, 0.25) is 0 Å². The lowest BCUT2D eigenvalue weighted by atomic mass is 10.1. The molecule has 2 amide bonds. The van der Waals surface area contributed by atoms with Gasteiger partial charge in [-0.25, -0.2) is 0 Å². The molecule has 3 aromatic rings. The molecule has 1 aliphatic heterocycles. The summed E-state index contributed by atoms with van der Waals surface area (Å²) >= 11 is 0. The van der Waals surface area contributed by atoms with Crippen molar-refractivity contribution in [3.63, 3.8) is 0 Å². The molecule has 3 N–H and O–H groups in total. The molecule has 3 aromatic carbocycles. The standard InChI is InChI=1S/C23H21N3O7/c1-3-12(10-33-2)26-21(29)14-5-4-6-16(17(14)22(26)30)24-25-18-19(27)13-8-7-11(23(31)32)9-15(13)20(18)28/h4-9,12,23-24,31-32H,3,10H2,1-2H3. The van der Waals surface area contributed by atoms with Crippen LogP contribution in [0.4, 0.5) is 5.69 Å². The topological polar surface area (TPSA) is 146 Å². The first-order chi connectivity index (χ1) is 15.8. The number of carbonyl (C=O) groups excluding carboxylic acids is 2. The number of nitrogens with one attached hydrogen (secondary N) is 1. The number of benzene rings is 2. The molecular weight excluding hydrogens is 430 g/mol. The highest BCUT2D eigenvalue weighted by Gasteiger charge is 2.41. The zero-order valence-corrected chi connectivity index (χ0v) is 17.9. The summed E-state index contributed by atoms with van der Waals surface area (Å²) in [7, 11) is 1.49. The van der Waals surface area contributed by atoms with Crippen LogP contribution < -0.4 is 21.6 Å². The van der Waals surface area contributed by atoms with Crippen molar-refractivity contribution in [3.05, 3.63) is 78.9 Å². The fraction of sp³-hybridized carbons (Fsp3) is 0.261. The molecule has 0 aromatic heterocycles. The zero-order valence-electron chi connectivity index (χ0n) is 17.9. The summed E-state index contributed by atoms with van der Waals surface area (Å²) in [5.41, 5.74) is 1.81. The predicted molar refractivity (Wildman–Crippen MR) is 118 cm³/mol. The molecule has 0 bridgehead atoms. The number of ether oxygens (including phenoxy) is 1. The monoisotopic (exact) mass is 451 g/mol. The van der Waals surface area contributed by atoms with Crippen molar-refractivity contribution in [1.29, 1.82) is 0 Å². The van der Waals surface area contributed by atoms with Gasteiger partial charge in [-0.1, -0.05) is 19.1 Å². The van der Waals surface area contributed by atoms with Crippen LogP contribution in [0.5, 0.6) is 0 Å². The zero-order chi connectivity index (χ0) is 23.9. The Morgan fingerprint density at radius 1 is 1.03 bits per heavy atom. The van der Waals surface area contributed by atoms with E-state index in [4.69, 9.17) is 4.74 Å². The first-order valence-corrected chi connectivity index (χ1v) is 10.2. The van der Waals surface area contributed by atoms with E-state index in [-0.39, 0.29) is 39.8 Å². The van der Waals surface area contributed by atoms with E-state index in [1.165, 1.54) is 37.4 Å². The number of aliphatic hydroxyl groups excluding tert-OH is 1. The van der Waals surface area contributed by atoms with Gasteiger partial charge in [-0.2, -0.15) is 5.10 Å². The minimum atomic E-state index is -1.79. The predicted octanol–water partition coefficient (Wildman–Crippen LogP) is 0.368. The third-order valence-corrected chi connectivity index (χ3v) is 5.69. The first-order valence-electron chi connectivity index (χ1n) is 10.2. The highest BCUT2D eigenvalue weighted by Crippen LogP contribution is 2.31. The number of rotatable bonds is 7. The fourth-order valence-corrected chi connectivity index (χ4v) is 3.98. The second kappa shape index (κ2) is 8.66. The maximum atomic E-state index is 13.1. The molecule has 1 aliphatic rings. The minimum absolute atomic E-state index is 0.00669. The number of hydrogen-bond donors (Lipinski definition) is 3. The highest BCUT2D eigenvalue weighted by molar-refractivity contribution is 6.24. The molecule has 170 valence electrons. The van der Waals surface area contributed by atoms with Gasteiger partial charge in [0.2, 0.25) is 10.9 Å². The maximum absolute atomic E-state index is 13.1. The van der Waals surface area contributed by atoms with Crippen LogP contribution in [0.15, 0.2) is 51.1 Å². The number of imide groups is 1. The van der Waals surface area contributed by atoms with Crippen molar-refractivity contribution in [2.75, 3.05) is 19.1 Å². The van der Waals surface area contributed by atoms with Crippen molar-refractivity contribution in [2.24, 2.45) is 5.10 Å². The normalized spacial score (nSPS) is 15.1. The van der Waals surface area contributed by atoms with E-state index >= 15 is 0 Å². The van der Waals surface area contributed by atoms with Gasteiger partial charge in [0.1, 0.15) is 0 Å². The number of aliphatic hydroxyl groups is 2. The molecule has 0 aliphatic carbocycles. The second-order valence-corrected chi connectivity index (χ2v) is 7.64. The van der Waals surface area contributed by atoms with Crippen LogP contribution in [0.25, 0.3) is 10.8 Å². The quantitative estimate of drug-likeness (QED) is 0.265. The van der Waals surface area contributed by atoms with Crippen molar-refractivity contribution in [3.8, 4) is 0 Å². The molecule has 0 fully saturated rings. The summed E-state index contributed by atoms with van der Waals surface area (Å²) in [6.07, 6.45) is -1.28. The van der Waals surface area contributed by atoms with E-state index in [0.29, 0.717) is 6.42 Å². The molecule has 0 saturated carbocycles. The Kier molecular flexibility index (Phi) is 5.90. The van der Waals surface area contributed by atoms with Crippen LogP contribution in [0.1, 0.15) is 45.9 Å². The number of amides is 2. The molecule has 1 unspecified atom stereocenters. The van der Waals surface area contributed by atoms with Gasteiger partial charge < -0.3 is 14.9 Å². The minimum Gasteiger partial charge on any atom is -0.383 e. The summed E-state index contributed by atoms with van der Waals surface area (Å²) in [6.45, 7) is 2.04. The number of methoxy groups -OCH3 is 1. The Balaban J connectivity index is 1.76. The van der Waals surface area contributed by atoms with Gasteiger partial charge in [0.25, 0.3) is 11.8 Å². The molecule has 33 heavy (non-hydrogen) atoms. The molecular formula is C23H21N3O7. The summed E-state index contributed by atoms with van der Waals surface area (Å²) in [5, 5.41) is 22.3. The smallest absolute Gasteiger partial charge is 0.264 e. The van der Waals surface area contributed by atoms with Crippen LogP contribution in [0.3, 0.4) is 0 Å². The Morgan fingerprint density at radius 3 is 2.42 bits per heavy atom. The maximum Gasteiger partial charge on any atom is 0.264 e. The van der Waals surface area contributed by atoms with Crippen molar-refractivity contribution >= 4 is 28.3 Å². The van der Waals surface area contributed by atoms with E-state index in [0.717, 1.165) is 4.90 Å². The lowest BCUT2D eigenvalue weighted by Crippen LogP contribution is -2.42. The van der Waals surface area contributed by atoms with E-state index in [1.54, 1.807) is 6.07 Å². The Labute approximate surface area is 187 Å². The van der Waals surface area contributed by atoms with Crippen molar-refractivity contribution < 1.29 is 24.5 Å². The lowest BCUT2D eigenvalue weighted by Gasteiger charge is -2.24. The van der Waals surface area contributed by atoms with Gasteiger partial charge in [-0.15, -0.1) is 0 Å². The molecule has 0 spiro atoms. The molecule has 10 nitrogen and oxygen atoms in total. The van der Waals surface area contributed by atoms with E-state index in [2.05, 4.69) is 10.5 Å². The third kappa shape index (κ3) is 3.63. The third-order valence-electron chi connectivity index (χ3n) is 5.69. The SMILES string of the molecule is CCC(COC)N1C(=O)c2cccc(NN=c3c(=O)c4ccc(C(O)O)cc4c3=O)c2C1=O. The van der Waals surface area contributed by atoms with Gasteiger partial charge in [0, 0.05) is 23.4 Å². The van der Waals surface area contributed by atoms with Crippen molar-refractivity contribution in [2.45, 2.75) is 25.7 Å². The van der Waals surface area contributed by atoms with Crippen LogP contribution in [-0.2, 0) is 4.74 Å². The molecule has 0 saturated heterocycles. The average molecular weight is 451 g/mol. The summed E-state index contributed by atoms with van der Waals surface area (Å²) in [6, 6.07) is 8.05. The average Bonchev–Trinajstić information content (AvgIpc) is 3.20. The van der Waals surface area contributed by atoms with Gasteiger partial charge in [0.05, 0.1) is 29.5 Å². The number of fused-ring (bicyclic) bond motifs is 2. The summed E-state index contributed by atoms with van der Waals surface area (Å²) < 4.78 is 5.14. The molecule has 1 heterocycles. The molecule has 10 heteroatoms. The molecule has 4 rings (SSSR count). The number of anilines is 1.